The maximum atomic E-state index is 12.0. The van der Waals surface area contributed by atoms with Crippen LogP contribution in [0.4, 0.5) is 5.69 Å². The summed E-state index contributed by atoms with van der Waals surface area (Å²) in [5.41, 5.74) is 1.35. The molecule has 0 aliphatic carbocycles. The molecule has 1 aromatic heterocycles. The van der Waals surface area contributed by atoms with Gasteiger partial charge in [-0.25, -0.2) is 0 Å². The van der Waals surface area contributed by atoms with Crippen molar-refractivity contribution in [2.75, 3.05) is 5.32 Å². The van der Waals surface area contributed by atoms with Crippen molar-refractivity contribution in [2.24, 2.45) is 7.05 Å². The summed E-state index contributed by atoms with van der Waals surface area (Å²) in [4.78, 5) is 12.0. The van der Waals surface area contributed by atoms with Crippen LogP contribution in [0.2, 0.25) is 5.02 Å². The minimum atomic E-state index is -0.335. The lowest BCUT2D eigenvalue weighted by Gasteiger charge is -2.06. The molecule has 0 spiro atoms. The van der Waals surface area contributed by atoms with Crippen molar-refractivity contribution in [3.63, 3.8) is 0 Å². The highest BCUT2D eigenvalue weighted by molar-refractivity contribution is 6.31. The van der Waals surface area contributed by atoms with Gasteiger partial charge in [0.25, 0.3) is 5.91 Å². The van der Waals surface area contributed by atoms with E-state index in [2.05, 4.69) is 10.4 Å². The smallest absolute Gasteiger partial charge is 0.259 e. The van der Waals surface area contributed by atoms with E-state index >= 15 is 0 Å². The fourth-order valence-corrected chi connectivity index (χ4v) is 1.79. The monoisotopic (exact) mass is 265 g/mol. The number of nitrogens with one attached hydrogen (secondary N) is 1. The summed E-state index contributed by atoms with van der Waals surface area (Å²) in [7, 11) is 1.74. The molecule has 0 bridgehead atoms. The van der Waals surface area contributed by atoms with E-state index in [1.807, 2.05) is 0 Å². The Kier molecular flexibility index (Phi) is 3.25. The van der Waals surface area contributed by atoms with Gasteiger partial charge in [0.05, 0.1) is 16.9 Å². The minimum Gasteiger partial charge on any atom is -0.506 e. The van der Waals surface area contributed by atoms with E-state index in [4.69, 9.17) is 11.6 Å². The number of carbonyl (C=O) groups is 1. The van der Waals surface area contributed by atoms with Crippen LogP contribution in [-0.4, -0.2) is 20.8 Å². The SMILES string of the molecule is Cc1nn(C)cc1C(=O)Nc1cc(Cl)ccc1O. The van der Waals surface area contributed by atoms with Gasteiger partial charge in [-0.2, -0.15) is 5.10 Å². The van der Waals surface area contributed by atoms with Crippen molar-refractivity contribution >= 4 is 23.2 Å². The Hall–Kier alpha value is -2.01. The van der Waals surface area contributed by atoms with Gasteiger partial charge in [-0.05, 0) is 25.1 Å². The number of anilines is 1. The number of rotatable bonds is 2. The van der Waals surface area contributed by atoms with E-state index in [-0.39, 0.29) is 17.3 Å². The molecule has 1 aromatic carbocycles. The van der Waals surface area contributed by atoms with Crippen LogP contribution in [0.3, 0.4) is 0 Å². The van der Waals surface area contributed by atoms with Gasteiger partial charge in [0.15, 0.2) is 0 Å². The topological polar surface area (TPSA) is 67.2 Å². The molecule has 6 heteroatoms. The minimum absolute atomic E-state index is 0.0331. The van der Waals surface area contributed by atoms with E-state index in [1.165, 1.54) is 12.1 Å². The molecule has 2 rings (SSSR count). The average molecular weight is 266 g/mol. The Bertz CT molecular complexity index is 607. The van der Waals surface area contributed by atoms with E-state index in [0.717, 1.165) is 0 Å². The largest absolute Gasteiger partial charge is 0.506 e. The van der Waals surface area contributed by atoms with E-state index in [0.29, 0.717) is 16.3 Å². The van der Waals surface area contributed by atoms with Crippen molar-refractivity contribution in [3.05, 3.63) is 40.7 Å². The number of aromatic hydroxyl groups is 1. The fraction of sp³-hybridized carbons (Fsp3) is 0.167. The number of aryl methyl sites for hydroxylation is 2. The molecule has 94 valence electrons. The Morgan fingerprint density at radius 2 is 2.22 bits per heavy atom. The first kappa shape index (κ1) is 12.4. The molecule has 0 saturated carbocycles. The predicted molar refractivity (Wildman–Crippen MR) is 69.0 cm³/mol. The lowest BCUT2D eigenvalue weighted by Crippen LogP contribution is -2.12. The molecule has 2 N–H and O–H groups in total. The van der Waals surface area contributed by atoms with Gasteiger partial charge in [-0.15, -0.1) is 0 Å². The summed E-state index contributed by atoms with van der Waals surface area (Å²) in [5, 5.41) is 16.7. The van der Waals surface area contributed by atoms with Crippen LogP contribution in [0.25, 0.3) is 0 Å². The number of nitrogens with zero attached hydrogens (tertiary/aromatic N) is 2. The maximum absolute atomic E-state index is 12.0. The van der Waals surface area contributed by atoms with Crippen LogP contribution < -0.4 is 5.32 Å². The van der Waals surface area contributed by atoms with Gasteiger partial charge < -0.3 is 10.4 Å². The number of carbonyl (C=O) groups excluding carboxylic acids is 1. The van der Waals surface area contributed by atoms with Gasteiger partial charge in [0.1, 0.15) is 5.75 Å². The first-order chi connectivity index (χ1) is 8.47. The van der Waals surface area contributed by atoms with E-state index in [9.17, 15) is 9.90 Å². The van der Waals surface area contributed by atoms with Crippen LogP contribution in [-0.2, 0) is 7.05 Å². The number of phenols is 1. The molecule has 0 aliphatic heterocycles. The molecular weight excluding hydrogens is 254 g/mol. The molecule has 0 unspecified atom stereocenters. The Labute approximate surface area is 109 Å². The van der Waals surface area contributed by atoms with Gasteiger partial charge >= 0.3 is 0 Å². The summed E-state index contributed by atoms with van der Waals surface area (Å²) >= 11 is 5.80. The first-order valence-corrected chi connectivity index (χ1v) is 5.65. The molecule has 1 amide bonds. The third kappa shape index (κ3) is 2.46. The van der Waals surface area contributed by atoms with Crippen molar-refractivity contribution in [1.29, 1.82) is 0 Å². The number of aromatic nitrogens is 2. The second-order valence-electron chi connectivity index (χ2n) is 3.92. The highest BCUT2D eigenvalue weighted by Gasteiger charge is 2.14. The predicted octanol–water partition coefficient (Wildman–Crippen LogP) is 2.34. The number of benzene rings is 1. The van der Waals surface area contributed by atoms with Crippen LogP contribution in [0.1, 0.15) is 16.1 Å². The van der Waals surface area contributed by atoms with Crippen LogP contribution >= 0.6 is 11.6 Å². The number of halogens is 1. The Balaban J connectivity index is 2.26. The molecule has 0 saturated heterocycles. The Morgan fingerprint density at radius 1 is 1.50 bits per heavy atom. The van der Waals surface area contributed by atoms with Crippen LogP contribution in [0.5, 0.6) is 5.75 Å². The normalized spacial score (nSPS) is 10.4. The van der Waals surface area contributed by atoms with Crippen molar-refractivity contribution in [1.82, 2.24) is 9.78 Å². The Morgan fingerprint density at radius 3 is 2.83 bits per heavy atom. The highest BCUT2D eigenvalue weighted by atomic mass is 35.5. The first-order valence-electron chi connectivity index (χ1n) is 5.27. The zero-order valence-corrected chi connectivity index (χ0v) is 10.7. The molecule has 1 heterocycles. The van der Waals surface area contributed by atoms with Gasteiger partial charge in [-0.3, -0.25) is 9.48 Å². The molecule has 18 heavy (non-hydrogen) atoms. The van der Waals surface area contributed by atoms with Crippen molar-refractivity contribution < 1.29 is 9.90 Å². The molecule has 0 fully saturated rings. The number of phenolic OH excluding ortho intramolecular Hbond substituents is 1. The van der Waals surface area contributed by atoms with E-state index < -0.39 is 0 Å². The van der Waals surface area contributed by atoms with Crippen molar-refractivity contribution in [2.45, 2.75) is 6.92 Å². The van der Waals surface area contributed by atoms with Crippen molar-refractivity contribution in [3.8, 4) is 5.75 Å². The van der Waals surface area contributed by atoms with Crippen LogP contribution in [0, 0.1) is 6.92 Å². The quantitative estimate of drug-likeness (QED) is 0.819. The summed E-state index contributed by atoms with van der Waals surface area (Å²) in [6, 6.07) is 4.45. The highest BCUT2D eigenvalue weighted by Crippen LogP contribution is 2.27. The third-order valence-electron chi connectivity index (χ3n) is 2.46. The molecular formula is C12H12ClN3O2. The number of hydrogen-bond donors (Lipinski definition) is 2. The third-order valence-corrected chi connectivity index (χ3v) is 2.70. The summed E-state index contributed by atoms with van der Waals surface area (Å²) in [5.74, 6) is -0.368. The number of hydrogen-bond acceptors (Lipinski definition) is 3. The standard InChI is InChI=1S/C12H12ClN3O2/c1-7-9(6-16(2)15-7)12(18)14-10-5-8(13)3-4-11(10)17/h3-6,17H,1-2H3,(H,14,18). The fourth-order valence-electron chi connectivity index (χ4n) is 1.62. The van der Waals surface area contributed by atoms with Gasteiger partial charge in [0.2, 0.25) is 0 Å². The second kappa shape index (κ2) is 4.70. The van der Waals surface area contributed by atoms with Crippen LogP contribution in [0.15, 0.2) is 24.4 Å². The lowest BCUT2D eigenvalue weighted by atomic mass is 10.2. The molecule has 0 radical (unpaired) electrons. The second-order valence-corrected chi connectivity index (χ2v) is 4.35. The van der Waals surface area contributed by atoms with Gasteiger partial charge in [0, 0.05) is 18.3 Å². The molecule has 0 aliphatic rings. The molecule has 5 nitrogen and oxygen atoms in total. The zero-order valence-electron chi connectivity index (χ0n) is 9.94. The summed E-state index contributed by atoms with van der Waals surface area (Å²) in [6.45, 7) is 1.74. The maximum Gasteiger partial charge on any atom is 0.259 e. The summed E-state index contributed by atoms with van der Waals surface area (Å²) < 4.78 is 1.56. The molecule has 0 atom stereocenters. The van der Waals surface area contributed by atoms with E-state index in [1.54, 1.807) is 30.9 Å². The zero-order chi connectivity index (χ0) is 13.3. The molecule has 2 aromatic rings. The average Bonchev–Trinajstić information content (AvgIpc) is 2.63. The summed E-state index contributed by atoms with van der Waals surface area (Å²) in [6.07, 6.45) is 1.62. The lowest BCUT2D eigenvalue weighted by molar-refractivity contribution is 0.102. The number of amides is 1. The van der Waals surface area contributed by atoms with Gasteiger partial charge in [-0.1, -0.05) is 11.6 Å².